The van der Waals surface area contributed by atoms with Crippen LogP contribution in [0.3, 0.4) is 0 Å². The molecule has 6 rings (SSSR count). The zero-order chi connectivity index (χ0) is 20.9. The minimum atomic E-state index is -0.324. The van der Waals surface area contributed by atoms with Crippen molar-refractivity contribution in [3.8, 4) is 0 Å². The Balaban J connectivity index is 1.29. The fraction of sp³-hybridized carbons (Fsp3) is 0.963. The summed E-state index contributed by atoms with van der Waals surface area (Å²) in [7, 11) is 0. The molecule has 30 heavy (non-hydrogen) atoms. The number of rotatable bonds is 0. The summed E-state index contributed by atoms with van der Waals surface area (Å²) in [5.41, 5.74) is 0.590. The van der Waals surface area contributed by atoms with Crippen LogP contribution < -0.4 is 0 Å². The highest BCUT2D eigenvalue weighted by molar-refractivity contribution is 5.83. The van der Waals surface area contributed by atoms with E-state index in [1.54, 1.807) is 0 Å². The molecule has 1 spiro atoms. The standard InChI is InChI=1S/C27H42O3/c1-16-8-12-27(29-15-16)17(2)24-23(30-27)14-21-18-13-22(28)20-7-5-6-10-25(20,3)19(18)9-11-26(21,24)4/h16-21,23-24H,5-15H2,1-4H3/t16?,17-,18+,19-,20?,21-,23-,24-,25+,26-,27+/m0/s1. The average molecular weight is 415 g/mol. The van der Waals surface area contributed by atoms with Crippen LogP contribution in [-0.2, 0) is 14.3 Å². The summed E-state index contributed by atoms with van der Waals surface area (Å²) in [4.78, 5) is 13.3. The van der Waals surface area contributed by atoms with Gasteiger partial charge in [0.15, 0.2) is 5.79 Å². The van der Waals surface area contributed by atoms with Crippen LogP contribution in [0.15, 0.2) is 0 Å². The molecule has 11 atom stereocenters. The van der Waals surface area contributed by atoms with E-state index in [0.29, 0.717) is 52.8 Å². The number of hydrogen-bond donors (Lipinski definition) is 0. The predicted molar refractivity (Wildman–Crippen MR) is 117 cm³/mol. The van der Waals surface area contributed by atoms with Crippen LogP contribution in [0.25, 0.3) is 0 Å². The van der Waals surface area contributed by atoms with E-state index in [4.69, 9.17) is 9.47 Å². The quantitative estimate of drug-likeness (QED) is 0.487. The maximum absolute atomic E-state index is 13.3. The monoisotopic (exact) mass is 414 g/mol. The van der Waals surface area contributed by atoms with E-state index in [0.717, 1.165) is 31.8 Å². The lowest BCUT2D eigenvalue weighted by molar-refractivity contribution is -0.273. The van der Waals surface area contributed by atoms with E-state index in [-0.39, 0.29) is 11.2 Å². The first-order chi connectivity index (χ1) is 14.3. The second-order valence-electron chi connectivity index (χ2n) is 12.9. The first kappa shape index (κ1) is 20.2. The first-order valence-corrected chi connectivity index (χ1v) is 13.1. The highest BCUT2D eigenvalue weighted by atomic mass is 16.7. The van der Waals surface area contributed by atoms with Crippen molar-refractivity contribution < 1.29 is 14.3 Å². The van der Waals surface area contributed by atoms with Crippen LogP contribution in [0.2, 0.25) is 0 Å². The molecule has 4 saturated carbocycles. The summed E-state index contributed by atoms with van der Waals surface area (Å²) in [6.45, 7) is 10.6. The second kappa shape index (κ2) is 6.56. The van der Waals surface area contributed by atoms with Gasteiger partial charge in [-0.2, -0.15) is 0 Å². The third-order valence-electron chi connectivity index (χ3n) is 11.6. The highest BCUT2D eigenvalue weighted by Gasteiger charge is 2.69. The number of carbonyl (C=O) groups is 1. The molecule has 0 aromatic rings. The number of hydrogen-bond acceptors (Lipinski definition) is 3. The van der Waals surface area contributed by atoms with Crippen molar-refractivity contribution in [3.05, 3.63) is 0 Å². The maximum Gasteiger partial charge on any atom is 0.171 e. The molecule has 0 N–H and O–H groups in total. The van der Waals surface area contributed by atoms with Crippen molar-refractivity contribution in [3.63, 3.8) is 0 Å². The topological polar surface area (TPSA) is 35.5 Å². The molecule has 4 aliphatic carbocycles. The van der Waals surface area contributed by atoms with Crippen LogP contribution in [-0.4, -0.2) is 24.3 Å². The lowest BCUT2D eigenvalue weighted by atomic mass is 9.44. The molecule has 2 aliphatic heterocycles. The fourth-order valence-corrected chi connectivity index (χ4v) is 10.1. The Bertz CT molecular complexity index is 724. The summed E-state index contributed by atoms with van der Waals surface area (Å²) in [6.07, 6.45) is 12.3. The molecule has 2 heterocycles. The minimum absolute atomic E-state index is 0.271. The van der Waals surface area contributed by atoms with E-state index < -0.39 is 0 Å². The minimum Gasteiger partial charge on any atom is -0.349 e. The summed E-state index contributed by atoms with van der Waals surface area (Å²) >= 11 is 0. The lowest BCUT2D eigenvalue weighted by Gasteiger charge is -2.60. The molecular weight excluding hydrogens is 372 g/mol. The first-order valence-electron chi connectivity index (χ1n) is 13.1. The van der Waals surface area contributed by atoms with E-state index in [2.05, 4.69) is 27.7 Å². The van der Waals surface area contributed by atoms with E-state index in [1.807, 2.05) is 0 Å². The van der Waals surface area contributed by atoms with E-state index in [9.17, 15) is 4.79 Å². The molecule has 6 aliphatic rings. The highest BCUT2D eigenvalue weighted by Crippen LogP contribution is 2.70. The van der Waals surface area contributed by atoms with Crippen LogP contribution in [0.4, 0.5) is 0 Å². The van der Waals surface area contributed by atoms with E-state index in [1.165, 1.54) is 44.9 Å². The Hall–Kier alpha value is -0.410. The summed E-state index contributed by atoms with van der Waals surface area (Å²) in [5, 5.41) is 0. The normalized spacial score (nSPS) is 60.1. The third kappa shape index (κ3) is 2.49. The van der Waals surface area contributed by atoms with Gasteiger partial charge in [0.1, 0.15) is 5.78 Å². The fourth-order valence-electron chi connectivity index (χ4n) is 10.1. The average Bonchev–Trinajstić information content (AvgIpc) is 3.15. The molecule has 2 saturated heterocycles. The molecule has 0 amide bonds. The van der Waals surface area contributed by atoms with Gasteiger partial charge >= 0.3 is 0 Å². The second-order valence-corrected chi connectivity index (χ2v) is 12.9. The maximum atomic E-state index is 13.3. The number of Topliss-reactive ketones (excluding diaryl/α,β-unsaturated/α-hetero) is 1. The Kier molecular flexibility index (Phi) is 4.42. The van der Waals surface area contributed by atoms with Gasteiger partial charge in [0.2, 0.25) is 0 Å². The van der Waals surface area contributed by atoms with E-state index >= 15 is 0 Å². The molecule has 0 radical (unpaired) electrons. The lowest BCUT2D eigenvalue weighted by Crippen LogP contribution is -2.56. The SMILES string of the molecule is CC1CC[C@@]2(OC1)O[C@H]1C[C@H]3[C@@H]4CC(=O)C5CCCC[C@]5(C)[C@H]4CC[C@]3(C)[C@H]1[C@@H]2C. The summed E-state index contributed by atoms with van der Waals surface area (Å²) in [5.74, 6) is 4.38. The van der Waals surface area contributed by atoms with Crippen molar-refractivity contribution in [2.75, 3.05) is 6.61 Å². The van der Waals surface area contributed by atoms with Crippen molar-refractivity contribution >= 4 is 5.78 Å². The third-order valence-corrected chi connectivity index (χ3v) is 11.6. The van der Waals surface area contributed by atoms with Crippen LogP contribution in [0, 0.1) is 52.3 Å². The Labute approximate surface area is 183 Å². The summed E-state index contributed by atoms with van der Waals surface area (Å²) in [6, 6.07) is 0. The zero-order valence-corrected chi connectivity index (χ0v) is 19.6. The van der Waals surface area contributed by atoms with Crippen LogP contribution in [0.5, 0.6) is 0 Å². The van der Waals surface area contributed by atoms with Crippen molar-refractivity contribution in [2.45, 2.75) is 104 Å². The van der Waals surface area contributed by atoms with Gasteiger partial charge in [-0.3, -0.25) is 4.79 Å². The van der Waals surface area contributed by atoms with Gasteiger partial charge in [0.25, 0.3) is 0 Å². The summed E-state index contributed by atoms with van der Waals surface area (Å²) < 4.78 is 13.3. The van der Waals surface area contributed by atoms with Crippen molar-refractivity contribution in [1.82, 2.24) is 0 Å². The largest absolute Gasteiger partial charge is 0.349 e. The van der Waals surface area contributed by atoms with Gasteiger partial charge in [0, 0.05) is 24.7 Å². The van der Waals surface area contributed by atoms with Gasteiger partial charge < -0.3 is 9.47 Å². The van der Waals surface area contributed by atoms with Gasteiger partial charge in [0.05, 0.1) is 12.7 Å². The molecule has 3 nitrogen and oxygen atoms in total. The zero-order valence-electron chi connectivity index (χ0n) is 19.6. The molecule has 6 fully saturated rings. The Morgan fingerprint density at radius 2 is 1.77 bits per heavy atom. The van der Waals surface area contributed by atoms with Gasteiger partial charge in [-0.15, -0.1) is 0 Å². The van der Waals surface area contributed by atoms with Crippen molar-refractivity contribution in [1.29, 1.82) is 0 Å². The smallest absolute Gasteiger partial charge is 0.171 e. The molecule has 0 bridgehead atoms. The Morgan fingerprint density at radius 1 is 0.933 bits per heavy atom. The Morgan fingerprint density at radius 3 is 2.53 bits per heavy atom. The van der Waals surface area contributed by atoms with Crippen LogP contribution >= 0.6 is 0 Å². The molecule has 3 heteroatoms. The predicted octanol–water partition coefficient (Wildman–Crippen LogP) is 6.00. The number of ketones is 1. The molecule has 168 valence electrons. The van der Waals surface area contributed by atoms with Gasteiger partial charge in [-0.1, -0.05) is 40.5 Å². The van der Waals surface area contributed by atoms with Gasteiger partial charge in [-0.05, 0) is 78.9 Å². The number of ether oxygens (including phenoxy) is 2. The van der Waals surface area contributed by atoms with Crippen LogP contribution in [0.1, 0.15) is 91.9 Å². The molecular formula is C27H42O3. The molecule has 0 aromatic heterocycles. The number of carbonyl (C=O) groups excluding carboxylic acids is 1. The number of fused-ring (bicyclic) bond motifs is 7. The molecule has 2 unspecified atom stereocenters. The van der Waals surface area contributed by atoms with Gasteiger partial charge in [-0.25, -0.2) is 0 Å². The van der Waals surface area contributed by atoms with Crippen molar-refractivity contribution in [2.24, 2.45) is 52.3 Å². The molecule has 0 aromatic carbocycles.